The van der Waals surface area contributed by atoms with Gasteiger partial charge in [0.15, 0.2) is 6.61 Å². The normalized spacial score (nSPS) is 17.2. The second-order valence-corrected chi connectivity index (χ2v) is 9.41. The highest BCUT2D eigenvalue weighted by atomic mass is 32.2. The van der Waals surface area contributed by atoms with Crippen LogP contribution >= 0.6 is 0 Å². The Balaban J connectivity index is 1.40. The number of hydrogen-bond donors (Lipinski definition) is 1. The molecule has 2 aliphatic rings. The van der Waals surface area contributed by atoms with Gasteiger partial charge in [0.2, 0.25) is 15.9 Å². The van der Waals surface area contributed by atoms with Crippen molar-refractivity contribution in [1.29, 1.82) is 0 Å². The van der Waals surface area contributed by atoms with Crippen molar-refractivity contribution in [3.05, 3.63) is 59.7 Å². The minimum atomic E-state index is -3.75. The monoisotopic (exact) mass is 441 g/mol. The lowest BCUT2D eigenvalue weighted by Crippen LogP contribution is -2.50. The molecule has 0 unspecified atom stereocenters. The standard InChI is InChI=1S/C22H23N3O5S/c1-16-2-4-17(5-3-16)6-9-22(27)24-10-12-25(13-11-24)31(28,29)18-7-8-20-19(14-18)23-21(26)15-30-20/h2-9,14H,10-13,15H2,1H3,(H,23,26)/b9-6+. The maximum atomic E-state index is 13.0. The van der Waals surface area contributed by atoms with Crippen LogP contribution in [0.4, 0.5) is 5.69 Å². The lowest BCUT2D eigenvalue weighted by atomic mass is 10.1. The van der Waals surface area contributed by atoms with Gasteiger partial charge < -0.3 is 15.0 Å². The van der Waals surface area contributed by atoms with E-state index < -0.39 is 10.0 Å². The van der Waals surface area contributed by atoms with E-state index >= 15 is 0 Å². The van der Waals surface area contributed by atoms with Crippen LogP contribution in [-0.4, -0.2) is 62.2 Å². The largest absolute Gasteiger partial charge is 0.482 e. The first-order valence-electron chi connectivity index (χ1n) is 9.93. The fourth-order valence-electron chi connectivity index (χ4n) is 3.47. The van der Waals surface area contributed by atoms with E-state index in [1.165, 1.54) is 28.6 Å². The Morgan fingerprint density at radius 3 is 2.48 bits per heavy atom. The SMILES string of the molecule is Cc1ccc(/C=C/C(=O)N2CCN(S(=O)(=O)c3ccc4c(c3)NC(=O)CO4)CC2)cc1. The van der Waals surface area contributed by atoms with Crippen LogP contribution in [0.5, 0.6) is 5.75 Å². The van der Waals surface area contributed by atoms with Crippen LogP contribution in [0.25, 0.3) is 6.08 Å². The molecule has 8 nitrogen and oxygen atoms in total. The first kappa shape index (κ1) is 21.1. The Kier molecular flexibility index (Phi) is 5.79. The molecular weight excluding hydrogens is 418 g/mol. The van der Waals surface area contributed by atoms with E-state index in [0.717, 1.165) is 11.1 Å². The number of benzene rings is 2. The molecule has 0 spiro atoms. The summed E-state index contributed by atoms with van der Waals surface area (Å²) in [5, 5.41) is 2.62. The average molecular weight is 442 g/mol. The number of carbonyl (C=O) groups excluding carboxylic acids is 2. The summed E-state index contributed by atoms with van der Waals surface area (Å²) in [6.07, 6.45) is 3.27. The Labute approximate surface area is 181 Å². The molecule has 2 aromatic carbocycles. The number of rotatable bonds is 4. The number of nitrogens with zero attached hydrogens (tertiary/aromatic N) is 2. The van der Waals surface area contributed by atoms with E-state index in [1.807, 2.05) is 31.2 Å². The topological polar surface area (TPSA) is 96.0 Å². The molecule has 1 saturated heterocycles. The number of ether oxygens (including phenoxy) is 1. The van der Waals surface area contributed by atoms with Gasteiger partial charge in [0.25, 0.3) is 5.91 Å². The van der Waals surface area contributed by atoms with Gasteiger partial charge in [0.1, 0.15) is 5.75 Å². The highest BCUT2D eigenvalue weighted by Crippen LogP contribution is 2.31. The molecule has 0 aromatic heterocycles. The van der Waals surface area contributed by atoms with Gasteiger partial charge in [-0.1, -0.05) is 29.8 Å². The number of fused-ring (bicyclic) bond motifs is 1. The van der Waals surface area contributed by atoms with E-state index in [4.69, 9.17) is 4.74 Å². The second kappa shape index (κ2) is 8.52. The van der Waals surface area contributed by atoms with Crippen molar-refractivity contribution in [3.63, 3.8) is 0 Å². The van der Waals surface area contributed by atoms with Crippen LogP contribution in [0.1, 0.15) is 11.1 Å². The van der Waals surface area contributed by atoms with Crippen LogP contribution in [0.3, 0.4) is 0 Å². The van der Waals surface area contributed by atoms with E-state index in [-0.39, 0.29) is 36.4 Å². The number of hydrogen-bond acceptors (Lipinski definition) is 5. The zero-order valence-corrected chi connectivity index (χ0v) is 17.9. The Hall–Kier alpha value is -3.17. The lowest BCUT2D eigenvalue weighted by molar-refractivity contribution is -0.127. The predicted molar refractivity (Wildman–Crippen MR) is 116 cm³/mol. The molecular formula is C22H23N3O5S. The first-order chi connectivity index (χ1) is 14.8. The summed E-state index contributed by atoms with van der Waals surface area (Å²) in [6.45, 7) is 2.93. The molecule has 0 radical (unpaired) electrons. The summed E-state index contributed by atoms with van der Waals surface area (Å²) in [5.41, 5.74) is 2.42. The molecule has 1 N–H and O–H groups in total. The maximum Gasteiger partial charge on any atom is 0.262 e. The third-order valence-corrected chi connectivity index (χ3v) is 7.16. The Bertz CT molecular complexity index is 1130. The molecule has 1 fully saturated rings. The van der Waals surface area contributed by atoms with Crippen LogP contribution in [0.15, 0.2) is 53.4 Å². The van der Waals surface area contributed by atoms with E-state index in [9.17, 15) is 18.0 Å². The minimum Gasteiger partial charge on any atom is -0.482 e. The van der Waals surface area contributed by atoms with Gasteiger partial charge in [-0.15, -0.1) is 0 Å². The van der Waals surface area contributed by atoms with E-state index in [0.29, 0.717) is 24.5 Å². The number of carbonyl (C=O) groups is 2. The molecule has 9 heteroatoms. The van der Waals surface area contributed by atoms with Crippen molar-refractivity contribution in [1.82, 2.24) is 9.21 Å². The highest BCUT2D eigenvalue weighted by Gasteiger charge is 2.30. The van der Waals surface area contributed by atoms with Crippen molar-refractivity contribution in [2.75, 3.05) is 38.1 Å². The minimum absolute atomic E-state index is 0.0797. The smallest absolute Gasteiger partial charge is 0.262 e. The van der Waals surface area contributed by atoms with Gasteiger partial charge in [-0.05, 0) is 36.8 Å². The van der Waals surface area contributed by atoms with Crippen molar-refractivity contribution >= 4 is 33.6 Å². The van der Waals surface area contributed by atoms with Crippen LogP contribution in [0, 0.1) is 6.92 Å². The van der Waals surface area contributed by atoms with Gasteiger partial charge in [0, 0.05) is 32.3 Å². The zero-order chi connectivity index (χ0) is 22.0. The van der Waals surface area contributed by atoms with E-state index in [2.05, 4.69) is 5.32 Å². The third-order valence-electron chi connectivity index (χ3n) is 5.27. The van der Waals surface area contributed by atoms with Crippen LogP contribution in [0.2, 0.25) is 0 Å². The summed E-state index contributed by atoms with van der Waals surface area (Å²) < 4.78 is 32.7. The summed E-state index contributed by atoms with van der Waals surface area (Å²) in [7, 11) is -3.75. The number of aryl methyl sites for hydroxylation is 1. The third kappa shape index (κ3) is 4.62. The lowest BCUT2D eigenvalue weighted by Gasteiger charge is -2.33. The Morgan fingerprint density at radius 2 is 1.77 bits per heavy atom. The molecule has 0 bridgehead atoms. The zero-order valence-electron chi connectivity index (χ0n) is 17.1. The van der Waals surface area contributed by atoms with Gasteiger partial charge >= 0.3 is 0 Å². The van der Waals surface area contributed by atoms with Gasteiger partial charge in [-0.3, -0.25) is 9.59 Å². The number of sulfonamides is 1. The van der Waals surface area contributed by atoms with Crippen LogP contribution in [-0.2, 0) is 19.6 Å². The van der Waals surface area contributed by atoms with Crippen molar-refractivity contribution in [2.24, 2.45) is 0 Å². The molecule has 0 aliphatic carbocycles. The summed E-state index contributed by atoms with van der Waals surface area (Å²) in [5.74, 6) is -0.0338. The second-order valence-electron chi connectivity index (χ2n) is 7.47. The predicted octanol–water partition coefficient (Wildman–Crippen LogP) is 1.87. The van der Waals surface area contributed by atoms with E-state index in [1.54, 1.807) is 11.0 Å². The molecule has 31 heavy (non-hydrogen) atoms. The number of anilines is 1. The fourth-order valence-corrected chi connectivity index (χ4v) is 4.92. The van der Waals surface area contributed by atoms with Gasteiger partial charge in [-0.2, -0.15) is 4.31 Å². The van der Waals surface area contributed by atoms with Crippen molar-refractivity contribution in [2.45, 2.75) is 11.8 Å². The quantitative estimate of drug-likeness (QED) is 0.731. The number of piperazine rings is 1. The molecule has 2 aromatic rings. The average Bonchev–Trinajstić information content (AvgIpc) is 2.78. The summed E-state index contributed by atoms with van der Waals surface area (Å²) >= 11 is 0. The molecule has 162 valence electrons. The molecule has 0 atom stereocenters. The van der Waals surface area contributed by atoms with Crippen molar-refractivity contribution in [3.8, 4) is 5.75 Å². The summed E-state index contributed by atoms with van der Waals surface area (Å²) in [4.78, 5) is 25.7. The maximum absolute atomic E-state index is 13.0. The molecule has 4 rings (SSSR count). The summed E-state index contributed by atoms with van der Waals surface area (Å²) in [6, 6.07) is 12.2. The van der Waals surface area contributed by atoms with Gasteiger partial charge in [0.05, 0.1) is 10.6 Å². The number of amides is 2. The van der Waals surface area contributed by atoms with Gasteiger partial charge in [-0.25, -0.2) is 8.42 Å². The molecule has 2 amide bonds. The van der Waals surface area contributed by atoms with Crippen LogP contribution < -0.4 is 10.1 Å². The number of nitrogens with one attached hydrogen (secondary N) is 1. The highest BCUT2D eigenvalue weighted by molar-refractivity contribution is 7.89. The Morgan fingerprint density at radius 1 is 1.06 bits per heavy atom. The van der Waals surface area contributed by atoms with Crippen molar-refractivity contribution < 1.29 is 22.7 Å². The first-order valence-corrected chi connectivity index (χ1v) is 11.4. The molecule has 0 saturated carbocycles. The molecule has 2 aliphatic heterocycles. The fraction of sp³-hybridized carbons (Fsp3) is 0.273. The molecule has 2 heterocycles.